The van der Waals surface area contributed by atoms with Gasteiger partial charge in [-0.1, -0.05) is 19.3 Å². The predicted molar refractivity (Wildman–Crippen MR) is 92.9 cm³/mol. The monoisotopic (exact) mass is 367 g/mol. The molecule has 4 nitrogen and oxygen atoms in total. The maximum Gasteiger partial charge on any atom is 0.417 e. The van der Waals surface area contributed by atoms with Crippen molar-refractivity contribution in [2.45, 2.75) is 43.8 Å². The van der Waals surface area contributed by atoms with E-state index in [-0.39, 0.29) is 11.1 Å². The molecule has 0 aromatic heterocycles. The molecule has 0 spiro atoms. The van der Waals surface area contributed by atoms with Crippen molar-refractivity contribution in [3.05, 3.63) is 29.3 Å². The lowest BCUT2D eigenvalue weighted by Gasteiger charge is -2.48. The van der Waals surface area contributed by atoms with Crippen LogP contribution in [0, 0.1) is 11.3 Å². The van der Waals surface area contributed by atoms with Gasteiger partial charge in [-0.25, -0.2) is 0 Å². The molecule has 0 unspecified atom stereocenters. The predicted octanol–water partition coefficient (Wildman–Crippen LogP) is 4.02. The smallest absolute Gasteiger partial charge is 0.383 e. The molecular formula is C19H24F3N3O. The van der Waals surface area contributed by atoms with Crippen molar-refractivity contribution in [1.82, 2.24) is 4.90 Å². The molecule has 1 saturated heterocycles. The van der Waals surface area contributed by atoms with Gasteiger partial charge < -0.3 is 10.1 Å². The number of rotatable bonds is 4. The fraction of sp³-hybridized carbons (Fsp3) is 0.632. The van der Waals surface area contributed by atoms with Crippen LogP contribution in [0.4, 0.5) is 18.9 Å². The van der Waals surface area contributed by atoms with Crippen LogP contribution in [-0.2, 0) is 10.9 Å². The number of hydrogen-bond donors (Lipinski definition) is 1. The van der Waals surface area contributed by atoms with Crippen molar-refractivity contribution >= 4 is 5.69 Å². The lowest BCUT2D eigenvalue weighted by atomic mass is 9.79. The van der Waals surface area contributed by atoms with E-state index in [1.54, 1.807) is 12.1 Å². The summed E-state index contributed by atoms with van der Waals surface area (Å²) < 4.78 is 45.0. The lowest BCUT2D eigenvalue weighted by molar-refractivity contribution is -0.137. The molecule has 0 radical (unpaired) electrons. The van der Waals surface area contributed by atoms with Crippen LogP contribution in [0.25, 0.3) is 0 Å². The van der Waals surface area contributed by atoms with E-state index in [9.17, 15) is 13.2 Å². The van der Waals surface area contributed by atoms with Crippen molar-refractivity contribution < 1.29 is 17.9 Å². The zero-order valence-corrected chi connectivity index (χ0v) is 14.7. The van der Waals surface area contributed by atoms with Crippen LogP contribution >= 0.6 is 0 Å². The molecule has 0 bridgehead atoms. The Morgan fingerprint density at radius 1 is 1.15 bits per heavy atom. The largest absolute Gasteiger partial charge is 0.417 e. The molecule has 0 amide bonds. The Hall–Kier alpha value is -1.78. The highest BCUT2D eigenvalue weighted by Crippen LogP contribution is 2.36. The van der Waals surface area contributed by atoms with Gasteiger partial charge in [-0.05, 0) is 31.0 Å². The minimum atomic E-state index is -4.53. The first kappa shape index (κ1) is 19.0. The topological polar surface area (TPSA) is 48.3 Å². The number of nitrogens with one attached hydrogen (secondary N) is 1. The summed E-state index contributed by atoms with van der Waals surface area (Å²) in [5, 5.41) is 12.2. The summed E-state index contributed by atoms with van der Waals surface area (Å²) in [5.74, 6) is 0. The SMILES string of the molecule is N#Cc1ccc(NCC2(N3CCOCC3)CCCCC2)cc1C(F)(F)F. The van der Waals surface area contributed by atoms with E-state index in [1.807, 2.05) is 0 Å². The third-order valence-electron chi connectivity index (χ3n) is 5.53. The first-order valence-corrected chi connectivity index (χ1v) is 9.13. The van der Waals surface area contributed by atoms with Crippen molar-refractivity contribution in [3.63, 3.8) is 0 Å². The van der Waals surface area contributed by atoms with Crippen LogP contribution in [0.2, 0.25) is 0 Å². The standard InChI is InChI=1S/C19H24F3N3O/c20-19(21,22)17-12-16(5-4-15(17)13-23)24-14-18(6-2-1-3-7-18)25-8-10-26-11-9-25/h4-5,12,24H,1-3,6-11,14H2. The fourth-order valence-corrected chi connectivity index (χ4v) is 4.11. The van der Waals surface area contributed by atoms with Crippen LogP contribution in [-0.4, -0.2) is 43.3 Å². The summed E-state index contributed by atoms with van der Waals surface area (Å²) in [6, 6.07) is 5.48. The Kier molecular flexibility index (Phi) is 5.73. The van der Waals surface area contributed by atoms with E-state index in [4.69, 9.17) is 10.00 Å². The van der Waals surface area contributed by atoms with Crippen LogP contribution in [0.1, 0.15) is 43.2 Å². The Morgan fingerprint density at radius 3 is 2.46 bits per heavy atom. The second-order valence-electron chi connectivity index (χ2n) is 7.11. The minimum absolute atomic E-state index is 0.0334. The van der Waals surface area contributed by atoms with Crippen LogP contribution < -0.4 is 5.32 Å². The van der Waals surface area contributed by atoms with Gasteiger partial charge in [-0.2, -0.15) is 18.4 Å². The first-order chi connectivity index (χ1) is 12.4. The van der Waals surface area contributed by atoms with E-state index >= 15 is 0 Å². The summed E-state index contributed by atoms with van der Waals surface area (Å²) in [5.41, 5.74) is -0.846. The minimum Gasteiger partial charge on any atom is -0.383 e. The van der Waals surface area contributed by atoms with E-state index in [1.165, 1.54) is 12.5 Å². The van der Waals surface area contributed by atoms with Gasteiger partial charge in [0.25, 0.3) is 0 Å². The number of ether oxygens (including phenoxy) is 1. The molecule has 2 aliphatic rings. The number of nitriles is 1. The molecule has 1 aromatic rings. The summed E-state index contributed by atoms with van der Waals surface area (Å²) in [6.45, 7) is 3.75. The highest BCUT2D eigenvalue weighted by molar-refractivity contribution is 5.53. The average molecular weight is 367 g/mol. The van der Waals surface area contributed by atoms with Crippen LogP contribution in [0.5, 0.6) is 0 Å². The Balaban J connectivity index is 1.78. The molecule has 142 valence electrons. The van der Waals surface area contributed by atoms with E-state index in [0.717, 1.165) is 44.8 Å². The maximum atomic E-state index is 13.2. The third-order valence-corrected chi connectivity index (χ3v) is 5.53. The van der Waals surface area contributed by atoms with E-state index in [0.29, 0.717) is 25.4 Å². The Bertz CT molecular complexity index is 657. The summed E-state index contributed by atoms with van der Waals surface area (Å²) >= 11 is 0. The average Bonchev–Trinajstić information content (AvgIpc) is 2.67. The highest BCUT2D eigenvalue weighted by atomic mass is 19.4. The van der Waals surface area contributed by atoms with Crippen molar-refractivity contribution in [3.8, 4) is 6.07 Å². The van der Waals surface area contributed by atoms with Gasteiger partial charge in [-0.3, -0.25) is 4.90 Å². The molecular weight excluding hydrogens is 343 g/mol. The van der Waals surface area contributed by atoms with Crippen LogP contribution in [0.3, 0.4) is 0 Å². The molecule has 1 heterocycles. The third kappa shape index (κ3) is 4.13. The number of nitrogens with zero attached hydrogens (tertiary/aromatic N) is 2. The summed E-state index contributed by atoms with van der Waals surface area (Å²) in [4.78, 5) is 2.44. The molecule has 3 rings (SSSR count). The Morgan fingerprint density at radius 2 is 1.85 bits per heavy atom. The van der Waals surface area contributed by atoms with Crippen LogP contribution in [0.15, 0.2) is 18.2 Å². The lowest BCUT2D eigenvalue weighted by Crippen LogP contribution is -2.57. The number of benzene rings is 1. The van der Waals surface area contributed by atoms with E-state index in [2.05, 4.69) is 10.2 Å². The number of anilines is 1. The van der Waals surface area contributed by atoms with Gasteiger partial charge in [0, 0.05) is 30.9 Å². The van der Waals surface area contributed by atoms with E-state index < -0.39 is 11.7 Å². The van der Waals surface area contributed by atoms with Gasteiger partial charge in [0.05, 0.1) is 30.4 Å². The summed E-state index contributed by atoms with van der Waals surface area (Å²) in [6.07, 6.45) is 1.04. The molecule has 1 saturated carbocycles. The quantitative estimate of drug-likeness (QED) is 0.873. The number of hydrogen-bond acceptors (Lipinski definition) is 4. The zero-order chi connectivity index (χ0) is 18.6. The van der Waals surface area contributed by atoms with Gasteiger partial charge in [0.2, 0.25) is 0 Å². The molecule has 1 aliphatic carbocycles. The van der Waals surface area contributed by atoms with Gasteiger partial charge >= 0.3 is 6.18 Å². The van der Waals surface area contributed by atoms with Crippen molar-refractivity contribution in [2.75, 3.05) is 38.2 Å². The Labute approximate surface area is 151 Å². The van der Waals surface area contributed by atoms with Crippen molar-refractivity contribution in [2.24, 2.45) is 0 Å². The second-order valence-corrected chi connectivity index (χ2v) is 7.11. The normalized spacial score (nSPS) is 21.2. The van der Waals surface area contributed by atoms with Gasteiger partial charge in [-0.15, -0.1) is 0 Å². The number of alkyl halides is 3. The summed E-state index contributed by atoms with van der Waals surface area (Å²) in [7, 11) is 0. The molecule has 1 aliphatic heterocycles. The van der Waals surface area contributed by atoms with Gasteiger partial charge in [0.15, 0.2) is 0 Å². The number of morpholine rings is 1. The fourth-order valence-electron chi connectivity index (χ4n) is 4.11. The number of halogens is 3. The highest BCUT2D eigenvalue weighted by Gasteiger charge is 2.39. The van der Waals surface area contributed by atoms with Crippen molar-refractivity contribution in [1.29, 1.82) is 5.26 Å². The maximum absolute atomic E-state index is 13.2. The molecule has 1 aromatic carbocycles. The zero-order valence-electron chi connectivity index (χ0n) is 14.7. The molecule has 2 fully saturated rings. The molecule has 0 atom stereocenters. The first-order valence-electron chi connectivity index (χ1n) is 9.13. The molecule has 1 N–H and O–H groups in total. The molecule has 7 heteroatoms. The second kappa shape index (κ2) is 7.85. The molecule has 26 heavy (non-hydrogen) atoms. The van der Waals surface area contributed by atoms with Gasteiger partial charge in [0.1, 0.15) is 0 Å².